The Kier molecular flexibility index (Phi) is 3.88. The summed E-state index contributed by atoms with van der Waals surface area (Å²) in [7, 11) is 0. The molecule has 0 saturated carbocycles. The minimum Gasteiger partial charge on any atom is -0.345 e. The fraction of sp³-hybridized carbons (Fsp3) is 0.333. The van der Waals surface area contributed by atoms with Gasteiger partial charge in [0.2, 0.25) is 5.91 Å². The molecule has 1 fully saturated rings. The van der Waals surface area contributed by atoms with E-state index in [0.29, 0.717) is 6.54 Å². The Morgan fingerprint density at radius 1 is 1.50 bits per heavy atom. The Labute approximate surface area is 104 Å². The first-order valence-corrected chi connectivity index (χ1v) is 5.82. The monoisotopic (exact) mass is 252 g/mol. The smallest absolute Gasteiger partial charge is 0.278 e. The minimum atomic E-state index is -0.483. The third-order valence-corrected chi connectivity index (χ3v) is 2.78. The number of rotatable bonds is 3. The van der Waals surface area contributed by atoms with E-state index in [2.05, 4.69) is 10.6 Å². The Morgan fingerprint density at radius 2 is 2.28 bits per heavy atom. The number of quaternary nitrogens is 1. The standard InChI is InChI=1S/C12H14FN3O2/c13-8-3-1-2-4-9(8)16-11(17)7-10-12(18)15-6-5-14-10/h1-4,10,14H,5-7H2,(H,15,18)(H,16,17)/p+1/t10-/m1/s1. The van der Waals surface area contributed by atoms with E-state index in [4.69, 9.17) is 0 Å². The van der Waals surface area contributed by atoms with Crippen LogP contribution >= 0.6 is 0 Å². The molecule has 1 atom stereocenters. The van der Waals surface area contributed by atoms with Gasteiger partial charge in [-0.25, -0.2) is 4.39 Å². The van der Waals surface area contributed by atoms with Crippen LogP contribution in [0.15, 0.2) is 24.3 Å². The van der Waals surface area contributed by atoms with Crippen LogP contribution in [0.25, 0.3) is 0 Å². The molecule has 96 valence electrons. The minimum absolute atomic E-state index is 0.0418. The van der Waals surface area contributed by atoms with E-state index in [1.54, 1.807) is 12.1 Å². The molecule has 1 aromatic rings. The largest absolute Gasteiger partial charge is 0.345 e. The number of para-hydroxylation sites is 1. The zero-order chi connectivity index (χ0) is 13.0. The van der Waals surface area contributed by atoms with Crippen molar-refractivity contribution in [3.8, 4) is 0 Å². The maximum Gasteiger partial charge on any atom is 0.278 e. The van der Waals surface area contributed by atoms with Crippen molar-refractivity contribution in [1.29, 1.82) is 0 Å². The van der Waals surface area contributed by atoms with Gasteiger partial charge >= 0.3 is 0 Å². The maximum atomic E-state index is 13.3. The molecule has 6 heteroatoms. The van der Waals surface area contributed by atoms with Crippen LogP contribution in [0.4, 0.5) is 10.1 Å². The zero-order valence-corrected chi connectivity index (χ0v) is 9.78. The van der Waals surface area contributed by atoms with Crippen molar-refractivity contribution in [2.24, 2.45) is 0 Å². The number of hydrogen-bond acceptors (Lipinski definition) is 2. The van der Waals surface area contributed by atoms with E-state index in [-0.39, 0.29) is 23.9 Å². The molecule has 2 rings (SSSR count). The van der Waals surface area contributed by atoms with Gasteiger partial charge in [-0.2, -0.15) is 0 Å². The number of carbonyl (C=O) groups is 2. The number of carbonyl (C=O) groups excluding carboxylic acids is 2. The van der Waals surface area contributed by atoms with Crippen LogP contribution in [-0.4, -0.2) is 30.9 Å². The number of nitrogens with one attached hydrogen (secondary N) is 2. The van der Waals surface area contributed by atoms with Crippen molar-refractivity contribution in [3.05, 3.63) is 30.1 Å². The van der Waals surface area contributed by atoms with Gasteiger partial charge in [0.15, 0.2) is 6.04 Å². The van der Waals surface area contributed by atoms with Gasteiger partial charge in [-0.1, -0.05) is 12.1 Å². The van der Waals surface area contributed by atoms with Crippen LogP contribution in [0, 0.1) is 5.82 Å². The summed E-state index contributed by atoms with van der Waals surface area (Å²) in [5.41, 5.74) is 0.138. The zero-order valence-electron chi connectivity index (χ0n) is 9.78. The second kappa shape index (κ2) is 5.59. The highest BCUT2D eigenvalue weighted by molar-refractivity contribution is 5.94. The lowest BCUT2D eigenvalue weighted by atomic mass is 10.1. The van der Waals surface area contributed by atoms with Gasteiger partial charge in [0.05, 0.1) is 25.2 Å². The second-order valence-corrected chi connectivity index (χ2v) is 4.15. The highest BCUT2D eigenvalue weighted by atomic mass is 19.1. The predicted octanol–water partition coefficient (Wildman–Crippen LogP) is -0.784. The molecule has 0 aliphatic carbocycles. The lowest BCUT2D eigenvalue weighted by molar-refractivity contribution is -0.678. The lowest BCUT2D eigenvalue weighted by Gasteiger charge is -2.19. The first kappa shape index (κ1) is 12.5. The normalized spacial score (nSPS) is 19.2. The van der Waals surface area contributed by atoms with Gasteiger partial charge in [-0.15, -0.1) is 0 Å². The first-order valence-electron chi connectivity index (χ1n) is 5.82. The Balaban J connectivity index is 1.92. The van der Waals surface area contributed by atoms with Crippen molar-refractivity contribution >= 4 is 17.5 Å². The summed E-state index contributed by atoms with van der Waals surface area (Å²) < 4.78 is 13.3. The number of nitrogens with two attached hydrogens (primary N) is 1. The SMILES string of the molecule is O=C(C[C@H]1[NH2+]CCNC1=O)Nc1ccccc1F. The van der Waals surface area contributed by atoms with Gasteiger partial charge < -0.3 is 16.0 Å². The van der Waals surface area contributed by atoms with Crippen molar-refractivity contribution in [2.75, 3.05) is 18.4 Å². The van der Waals surface area contributed by atoms with Gasteiger partial charge in [-0.05, 0) is 12.1 Å². The molecular weight excluding hydrogens is 237 g/mol. The van der Waals surface area contributed by atoms with Gasteiger partial charge in [0.1, 0.15) is 5.82 Å². The highest BCUT2D eigenvalue weighted by Crippen LogP contribution is 2.12. The summed E-state index contributed by atoms with van der Waals surface area (Å²) in [5.74, 6) is -0.994. The third kappa shape index (κ3) is 3.04. The molecule has 1 saturated heterocycles. The number of hydrogen-bond donors (Lipinski definition) is 3. The molecule has 1 aliphatic heterocycles. The molecule has 1 heterocycles. The van der Waals surface area contributed by atoms with Gasteiger partial charge in [0.25, 0.3) is 5.91 Å². The molecule has 1 aliphatic rings. The van der Waals surface area contributed by atoms with E-state index < -0.39 is 11.9 Å². The van der Waals surface area contributed by atoms with Gasteiger partial charge in [0, 0.05) is 0 Å². The third-order valence-electron chi connectivity index (χ3n) is 2.78. The fourth-order valence-corrected chi connectivity index (χ4v) is 1.86. The number of benzene rings is 1. The summed E-state index contributed by atoms with van der Waals surface area (Å²) in [4.78, 5) is 23.2. The molecule has 2 amide bonds. The van der Waals surface area contributed by atoms with Crippen LogP contribution in [0.1, 0.15) is 6.42 Å². The number of piperazine rings is 1. The van der Waals surface area contributed by atoms with E-state index in [1.807, 2.05) is 5.32 Å². The molecule has 0 radical (unpaired) electrons. The van der Waals surface area contributed by atoms with E-state index >= 15 is 0 Å². The Bertz CT molecular complexity index is 464. The van der Waals surface area contributed by atoms with E-state index in [0.717, 1.165) is 6.54 Å². The second-order valence-electron chi connectivity index (χ2n) is 4.15. The van der Waals surface area contributed by atoms with Crippen LogP contribution < -0.4 is 16.0 Å². The van der Waals surface area contributed by atoms with Crippen molar-refractivity contribution in [2.45, 2.75) is 12.5 Å². The van der Waals surface area contributed by atoms with Crippen LogP contribution in [0.3, 0.4) is 0 Å². The molecule has 0 spiro atoms. The number of amides is 2. The molecule has 0 bridgehead atoms. The average Bonchev–Trinajstić information content (AvgIpc) is 2.35. The average molecular weight is 252 g/mol. The summed E-state index contributed by atoms with van der Waals surface area (Å²) in [5, 5.41) is 6.97. The van der Waals surface area contributed by atoms with Crippen LogP contribution in [0.5, 0.6) is 0 Å². The van der Waals surface area contributed by atoms with Crippen LogP contribution in [-0.2, 0) is 9.59 Å². The van der Waals surface area contributed by atoms with Crippen molar-refractivity contribution < 1.29 is 19.3 Å². The first-order chi connectivity index (χ1) is 8.66. The fourth-order valence-electron chi connectivity index (χ4n) is 1.86. The Morgan fingerprint density at radius 3 is 3.00 bits per heavy atom. The summed E-state index contributed by atoms with van der Waals surface area (Å²) >= 11 is 0. The van der Waals surface area contributed by atoms with E-state index in [9.17, 15) is 14.0 Å². The number of anilines is 1. The number of halogens is 1. The quantitative estimate of drug-likeness (QED) is 0.660. The molecule has 18 heavy (non-hydrogen) atoms. The molecule has 5 nitrogen and oxygen atoms in total. The molecule has 1 aromatic carbocycles. The lowest BCUT2D eigenvalue weighted by Crippen LogP contribution is -2.96. The molecule has 4 N–H and O–H groups in total. The maximum absolute atomic E-state index is 13.3. The van der Waals surface area contributed by atoms with E-state index in [1.165, 1.54) is 12.1 Å². The summed E-state index contributed by atoms with van der Waals surface area (Å²) in [6, 6.07) is 5.52. The topological polar surface area (TPSA) is 74.8 Å². The van der Waals surface area contributed by atoms with Crippen molar-refractivity contribution in [3.63, 3.8) is 0 Å². The molecule has 0 aromatic heterocycles. The van der Waals surface area contributed by atoms with Gasteiger partial charge in [-0.3, -0.25) is 9.59 Å². The molecular formula is C12H15FN3O2+. The Hall–Kier alpha value is -1.95. The predicted molar refractivity (Wildman–Crippen MR) is 63.2 cm³/mol. The summed E-state index contributed by atoms with van der Waals surface area (Å²) in [6.45, 7) is 1.37. The van der Waals surface area contributed by atoms with Crippen LogP contribution in [0.2, 0.25) is 0 Å². The molecule has 0 unspecified atom stereocenters. The summed E-state index contributed by atoms with van der Waals surface area (Å²) in [6.07, 6.45) is 0.0418. The highest BCUT2D eigenvalue weighted by Gasteiger charge is 2.27. The van der Waals surface area contributed by atoms with Crippen molar-refractivity contribution in [1.82, 2.24) is 5.32 Å².